The molecule has 0 spiro atoms. The average Bonchev–Trinajstić information content (AvgIpc) is 3.12. The van der Waals surface area contributed by atoms with E-state index < -0.39 is 11.9 Å². The van der Waals surface area contributed by atoms with E-state index in [9.17, 15) is 9.59 Å². The number of carboxylic acid groups (broad SMARTS) is 2. The zero-order chi connectivity index (χ0) is 23.1. The first kappa shape index (κ1) is 23.6. The van der Waals surface area contributed by atoms with Crippen molar-refractivity contribution in [3.63, 3.8) is 0 Å². The Hall–Kier alpha value is -3.03. The summed E-state index contributed by atoms with van der Waals surface area (Å²) in [7, 11) is 0. The maximum absolute atomic E-state index is 9.64. The fourth-order valence-electron chi connectivity index (χ4n) is 3.90. The lowest BCUT2D eigenvalue weighted by molar-refractivity contribution is -0.143. The van der Waals surface area contributed by atoms with Gasteiger partial charge in [0.2, 0.25) is 0 Å². The molecule has 2 aromatic carbocycles. The largest absolute Gasteiger partial charge is 0.481 e. The molecule has 0 bridgehead atoms. The summed E-state index contributed by atoms with van der Waals surface area (Å²) >= 11 is 6.55. The number of aromatic amines is 1. The van der Waals surface area contributed by atoms with E-state index in [1.165, 1.54) is 27.6 Å². The van der Waals surface area contributed by atoms with Gasteiger partial charge in [-0.2, -0.15) is 0 Å². The number of aromatic nitrogens is 1. The number of carboxylic acids is 2. The molecule has 2 heterocycles. The summed E-state index contributed by atoms with van der Waals surface area (Å²) in [5.41, 5.74) is 6.31. The first-order valence-electron chi connectivity index (χ1n) is 10.6. The molecule has 0 aliphatic carbocycles. The summed E-state index contributed by atoms with van der Waals surface area (Å²) in [4.78, 5) is 22.6. The molecule has 1 unspecified atom stereocenters. The van der Waals surface area contributed by atoms with Crippen molar-refractivity contribution in [2.24, 2.45) is 0 Å². The fraction of sp³-hybridized carbons (Fsp3) is 0.333. The molecular weight excluding hydrogens is 430 g/mol. The molecule has 170 valence electrons. The van der Waals surface area contributed by atoms with Crippen LogP contribution in [0.1, 0.15) is 42.5 Å². The van der Waals surface area contributed by atoms with E-state index in [-0.39, 0.29) is 18.9 Å². The van der Waals surface area contributed by atoms with Crippen LogP contribution in [0.15, 0.2) is 42.6 Å². The Bertz CT molecular complexity index is 1080. The molecule has 0 saturated heterocycles. The molecule has 1 atom stereocenters. The van der Waals surface area contributed by atoms with E-state index >= 15 is 0 Å². The van der Waals surface area contributed by atoms with Crippen LogP contribution in [-0.2, 0) is 22.4 Å². The third-order valence-electron chi connectivity index (χ3n) is 5.49. The minimum Gasteiger partial charge on any atom is -0.481 e. The van der Waals surface area contributed by atoms with Gasteiger partial charge in [0.1, 0.15) is 0 Å². The lowest BCUT2D eigenvalue weighted by Crippen LogP contribution is -2.16. The Balaban J connectivity index is 0.000000312. The van der Waals surface area contributed by atoms with E-state index in [1.54, 1.807) is 0 Å². The van der Waals surface area contributed by atoms with Gasteiger partial charge in [0, 0.05) is 23.1 Å². The number of benzene rings is 2. The number of anilines is 1. The monoisotopic (exact) mass is 457 g/mol. The third-order valence-corrected chi connectivity index (χ3v) is 5.81. The van der Waals surface area contributed by atoms with Gasteiger partial charge in [-0.25, -0.2) is 0 Å². The number of rotatable bonds is 6. The van der Waals surface area contributed by atoms with Crippen LogP contribution in [-0.4, -0.2) is 40.2 Å². The molecule has 3 aromatic rings. The van der Waals surface area contributed by atoms with Gasteiger partial charge in [-0.3, -0.25) is 9.59 Å². The smallest absolute Gasteiger partial charge is 0.303 e. The molecule has 0 radical (unpaired) electrons. The van der Waals surface area contributed by atoms with Gasteiger partial charge in [-0.15, -0.1) is 0 Å². The van der Waals surface area contributed by atoms with E-state index in [0.29, 0.717) is 0 Å². The van der Waals surface area contributed by atoms with Gasteiger partial charge in [0.05, 0.1) is 23.6 Å². The number of halogens is 1. The van der Waals surface area contributed by atoms with Crippen LogP contribution in [0.3, 0.4) is 0 Å². The van der Waals surface area contributed by atoms with Gasteiger partial charge >= 0.3 is 11.9 Å². The van der Waals surface area contributed by atoms with Gasteiger partial charge in [0.25, 0.3) is 0 Å². The van der Waals surface area contributed by atoms with Crippen LogP contribution >= 0.6 is 11.6 Å². The predicted octanol–water partition coefficient (Wildman–Crippen LogP) is 4.62. The zero-order valence-electron chi connectivity index (χ0n) is 18.0. The van der Waals surface area contributed by atoms with E-state index in [2.05, 4.69) is 52.9 Å². The van der Waals surface area contributed by atoms with Crippen molar-refractivity contribution in [1.29, 1.82) is 0 Å². The lowest BCUT2D eigenvalue weighted by Gasteiger charge is -2.22. The summed E-state index contributed by atoms with van der Waals surface area (Å²) in [6, 6.07) is 12.9. The molecule has 1 aliphatic heterocycles. The summed E-state index contributed by atoms with van der Waals surface area (Å²) in [5.74, 6) is -2.15. The minimum atomic E-state index is -1.08. The SMILES string of the molecule is CC(Nc1c(Cl)ccc2c1CCNCC2)c1cccc2[nH]ccc12.O=C(O)CCC(=O)O. The summed E-state index contributed by atoms with van der Waals surface area (Å²) < 4.78 is 0. The average molecular weight is 458 g/mol. The molecule has 0 amide bonds. The van der Waals surface area contributed by atoms with Crippen molar-refractivity contribution >= 4 is 40.1 Å². The van der Waals surface area contributed by atoms with Crippen molar-refractivity contribution in [3.05, 3.63) is 64.3 Å². The maximum atomic E-state index is 9.64. The van der Waals surface area contributed by atoms with Gasteiger partial charge in [-0.1, -0.05) is 29.8 Å². The summed E-state index contributed by atoms with van der Waals surface area (Å²) in [6.07, 6.45) is 3.47. The molecule has 5 N–H and O–H groups in total. The van der Waals surface area contributed by atoms with Crippen molar-refractivity contribution in [1.82, 2.24) is 10.3 Å². The second-order valence-electron chi connectivity index (χ2n) is 7.75. The highest BCUT2D eigenvalue weighted by molar-refractivity contribution is 6.33. The summed E-state index contributed by atoms with van der Waals surface area (Å²) in [5, 5.41) is 25.0. The highest BCUT2D eigenvalue weighted by Gasteiger charge is 2.18. The second-order valence-corrected chi connectivity index (χ2v) is 8.16. The first-order chi connectivity index (χ1) is 15.4. The Morgan fingerprint density at radius 2 is 1.78 bits per heavy atom. The Labute approximate surface area is 191 Å². The van der Waals surface area contributed by atoms with E-state index in [0.717, 1.165) is 36.6 Å². The Morgan fingerprint density at radius 3 is 2.50 bits per heavy atom. The zero-order valence-corrected chi connectivity index (χ0v) is 18.7. The van der Waals surface area contributed by atoms with E-state index in [1.807, 2.05) is 12.3 Å². The van der Waals surface area contributed by atoms with Crippen LogP contribution in [0, 0.1) is 0 Å². The number of carbonyl (C=O) groups is 2. The normalized spacial score (nSPS) is 13.9. The molecule has 0 fully saturated rings. The van der Waals surface area contributed by atoms with Gasteiger partial charge in [-0.05, 0) is 67.7 Å². The van der Waals surface area contributed by atoms with Crippen LogP contribution in [0.25, 0.3) is 10.9 Å². The number of nitrogens with one attached hydrogen (secondary N) is 3. The lowest BCUT2D eigenvalue weighted by atomic mass is 9.98. The third kappa shape index (κ3) is 6.02. The van der Waals surface area contributed by atoms with Crippen LogP contribution in [0.5, 0.6) is 0 Å². The molecule has 32 heavy (non-hydrogen) atoms. The van der Waals surface area contributed by atoms with Crippen LogP contribution in [0.4, 0.5) is 5.69 Å². The number of hydrogen-bond donors (Lipinski definition) is 5. The predicted molar refractivity (Wildman–Crippen MR) is 127 cm³/mol. The standard InChI is InChI=1S/C20H22ClN3.C4H6O4/c1-13(15-3-2-4-19-17(15)9-12-23-19)24-20-16-8-11-22-10-7-14(16)5-6-18(20)21;5-3(6)1-2-4(7)8/h2-6,9,12-13,22-24H,7-8,10-11H2,1H3;1-2H2,(H,5,6)(H,7,8). The van der Waals surface area contributed by atoms with E-state index in [4.69, 9.17) is 21.8 Å². The minimum absolute atomic E-state index is 0.185. The molecule has 1 aromatic heterocycles. The number of H-pyrrole nitrogens is 1. The first-order valence-corrected chi connectivity index (χ1v) is 11.0. The quantitative estimate of drug-likeness (QED) is 0.369. The summed E-state index contributed by atoms with van der Waals surface area (Å²) in [6.45, 7) is 4.24. The number of hydrogen-bond acceptors (Lipinski definition) is 4. The van der Waals surface area contributed by atoms with Crippen molar-refractivity contribution in [2.45, 2.75) is 38.6 Å². The molecule has 1 aliphatic rings. The molecule has 8 heteroatoms. The van der Waals surface area contributed by atoms with Crippen molar-refractivity contribution in [2.75, 3.05) is 18.4 Å². The number of fused-ring (bicyclic) bond motifs is 2. The van der Waals surface area contributed by atoms with Crippen LogP contribution in [0.2, 0.25) is 5.02 Å². The van der Waals surface area contributed by atoms with Crippen LogP contribution < -0.4 is 10.6 Å². The molecule has 4 rings (SSSR count). The molecule has 0 saturated carbocycles. The topological polar surface area (TPSA) is 114 Å². The maximum Gasteiger partial charge on any atom is 0.303 e. The Kier molecular flexibility index (Phi) is 8.14. The highest BCUT2D eigenvalue weighted by Crippen LogP contribution is 2.34. The van der Waals surface area contributed by atoms with Crippen molar-refractivity contribution < 1.29 is 19.8 Å². The highest BCUT2D eigenvalue weighted by atomic mass is 35.5. The van der Waals surface area contributed by atoms with Gasteiger partial charge < -0.3 is 25.8 Å². The molecular formula is C24H28ClN3O4. The van der Waals surface area contributed by atoms with Gasteiger partial charge in [0.15, 0.2) is 0 Å². The fourth-order valence-corrected chi connectivity index (χ4v) is 4.13. The molecule has 7 nitrogen and oxygen atoms in total. The number of aliphatic carboxylic acids is 2. The Morgan fingerprint density at radius 1 is 1.06 bits per heavy atom. The van der Waals surface area contributed by atoms with Crippen molar-refractivity contribution in [3.8, 4) is 0 Å². The second kappa shape index (κ2) is 11.0.